The van der Waals surface area contributed by atoms with Crippen LogP contribution in [0.1, 0.15) is 102 Å². The highest BCUT2D eigenvalue weighted by atomic mass is 19.1. The van der Waals surface area contributed by atoms with Gasteiger partial charge in [0.1, 0.15) is 0 Å². The highest BCUT2D eigenvalue weighted by Crippen LogP contribution is 2.45. The quantitative estimate of drug-likeness (QED) is 0.174. The van der Waals surface area contributed by atoms with Gasteiger partial charge in [-0.15, -0.1) is 0 Å². The molecule has 0 heterocycles. The van der Waals surface area contributed by atoms with Crippen molar-refractivity contribution in [2.24, 2.45) is 17.8 Å². The lowest BCUT2D eigenvalue weighted by atomic mass is 9.68. The molecule has 0 atom stereocenters. The molecule has 34 heavy (non-hydrogen) atoms. The van der Waals surface area contributed by atoms with Crippen LogP contribution in [0.3, 0.4) is 0 Å². The summed E-state index contributed by atoms with van der Waals surface area (Å²) in [6.07, 6.45) is 16.8. The maximum absolute atomic E-state index is 14.6. The summed E-state index contributed by atoms with van der Waals surface area (Å²) in [5, 5.41) is 0. The highest BCUT2D eigenvalue weighted by molar-refractivity contribution is 5.81. The molecule has 5 heteroatoms. The maximum Gasteiger partial charge on any atom is 0.330 e. The Bertz CT molecular complexity index is 755. The number of hydrogen-bond donors (Lipinski definition) is 0. The molecule has 0 unspecified atom stereocenters. The number of hydrogen-bond acceptors (Lipinski definition) is 3. The predicted octanol–water partition coefficient (Wildman–Crippen LogP) is 8.12. The van der Waals surface area contributed by atoms with Crippen LogP contribution >= 0.6 is 0 Å². The van der Waals surface area contributed by atoms with Crippen molar-refractivity contribution in [3.05, 3.63) is 42.0 Å². The SMILES string of the molecule is C=CC(=O)OCCCOc1c(F)cc(C2CCC(C3CCC(CCCCC)CC3)CC2)cc1F. The summed E-state index contributed by atoms with van der Waals surface area (Å²) < 4.78 is 39.4. The van der Waals surface area contributed by atoms with Crippen molar-refractivity contribution in [2.75, 3.05) is 13.2 Å². The van der Waals surface area contributed by atoms with Crippen LogP contribution < -0.4 is 4.74 Å². The molecule has 2 aliphatic carbocycles. The van der Waals surface area contributed by atoms with E-state index < -0.39 is 17.6 Å². The zero-order valence-electron chi connectivity index (χ0n) is 20.8. The fourth-order valence-corrected chi connectivity index (χ4v) is 5.97. The van der Waals surface area contributed by atoms with E-state index in [9.17, 15) is 13.6 Å². The average Bonchev–Trinajstić information content (AvgIpc) is 2.85. The van der Waals surface area contributed by atoms with Crippen LogP contribution in [-0.2, 0) is 9.53 Å². The first kappa shape index (κ1) is 26.7. The van der Waals surface area contributed by atoms with Gasteiger partial charge in [0, 0.05) is 12.5 Å². The van der Waals surface area contributed by atoms with Crippen molar-refractivity contribution in [1.29, 1.82) is 0 Å². The van der Waals surface area contributed by atoms with E-state index in [0.717, 1.165) is 42.2 Å². The summed E-state index contributed by atoms with van der Waals surface area (Å²) in [6.45, 7) is 5.78. The van der Waals surface area contributed by atoms with Crippen molar-refractivity contribution in [2.45, 2.75) is 96.3 Å². The van der Waals surface area contributed by atoms with Gasteiger partial charge >= 0.3 is 5.97 Å². The highest BCUT2D eigenvalue weighted by Gasteiger charge is 2.31. The van der Waals surface area contributed by atoms with Crippen LogP contribution in [0.15, 0.2) is 24.8 Å². The van der Waals surface area contributed by atoms with E-state index in [0.29, 0.717) is 6.42 Å². The zero-order chi connectivity index (χ0) is 24.3. The van der Waals surface area contributed by atoms with Gasteiger partial charge in [0.2, 0.25) is 0 Å². The normalized spacial score (nSPS) is 25.0. The van der Waals surface area contributed by atoms with Crippen LogP contribution in [0.2, 0.25) is 0 Å². The van der Waals surface area contributed by atoms with E-state index >= 15 is 0 Å². The predicted molar refractivity (Wildman–Crippen MR) is 132 cm³/mol. The van der Waals surface area contributed by atoms with Gasteiger partial charge in [-0.2, -0.15) is 0 Å². The standard InChI is InChI=1S/C29H42F2O3/c1-3-5-6-8-21-9-11-22(12-10-21)23-13-15-24(16-14-23)25-19-26(30)29(27(31)20-25)34-18-7-17-33-28(32)4-2/h4,19-24H,2-3,5-18H2,1H3. The zero-order valence-corrected chi connectivity index (χ0v) is 20.8. The minimum Gasteiger partial charge on any atom is -0.487 e. The monoisotopic (exact) mass is 476 g/mol. The fourth-order valence-electron chi connectivity index (χ4n) is 5.97. The van der Waals surface area contributed by atoms with Crippen molar-refractivity contribution in [3.63, 3.8) is 0 Å². The number of halogens is 2. The van der Waals surface area contributed by atoms with Crippen LogP contribution in [0.5, 0.6) is 5.75 Å². The van der Waals surface area contributed by atoms with E-state index in [2.05, 4.69) is 13.5 Å². The molecule has 0 radical (unpaired) electrons. The van der Waals surface area contributed by atoms with Gasteiger partial charge in [-0.1, -0.05) is 52.0 Å². The van der Waals surface area contributed by atoms with Crippen molar-refractivity contribution >= 4 is 5.97 Å². The second-order valence-electron chi connectivity index (χ2n) is 10.3. The molecule has 0 aliphatic heterocycles. The Balaban J connectivity index is 1.42. The molecule has 2 saturated carbocycles. The Hall–Kier alpha value is -1.91. The van der Waals surface area contributed by atoms with E-state index in [1.54, 1.807) is 0 Å². The van der Waals surface area contributed by atoms with E-state index in [-0.39, 0.29) is 24.9 Å². The van der Waals surface area contributed by atoms with Gasteiger partial charge in [0.05, 0.1) is 13.2 Å². The number of carbonyl (C=O) groups is 1. The minimum atomic E-state index is -0.651. The number of esters is 1. The Morgan fingerprint density at radius 1 is 0.941 bits per heavy atom. The first-order valence-electron chi connectivity index (χ1n) is 13.4. The molecular formula is C29H42F2O3. The Morgan fingerprint density at radius 2 is 1.56 bits per heavy atom. The van der Waals surface area contributed by atoms with Crippen molar-refractivity contribution < 1.29 is 23.0 Å². The minimum absolute atomic E-state index is 0.0730. The smallest absolute Gasteiger partial charge is 0.330 e. The molecule has 0 N–H and O–H groups in total. The third-order valence-corrected chi connectivity index (χ3v) is 7.98. The van der Waals surface area contributed by atoms with Gasteiger partial charge in [0.25, 0.3) is 0 Å². The summed E-state index contributed by atoms with van der Waals surface area (Å²) in [5.74, 6) is 0.614. The summed E-state index contributed by atoms with van der Waals surface area (Å²) >= 11 is 0. The molecular weight excluding hydrogens is 434 g/mol. The topological polar surface area (TPSA) is 35.5 Å². The fraction of sp³-hybridized carbons (Fsp3) is 0.690. The van der Waals surface area contributed by atoms with Gasteiger partial charge in [-0.25, -0.2) is 13.6 Å². The van der Waals surface area contributed by atoms with Crippen molar-refractivity contribution in [3.8, 4) is 5.75 Å². The van der Waals surface area contributed by atoms with E-state index in [1.165, 1.54) is 76.3 Å². The third-order valence-electron chi connectivity index (χ3n) is 7.98. The lowest BCUT2D eigenvalue weighted by Gasteiger charge is -2.38. The van der Waals surface area contributed by atoms with E-state index in [1.807, 2.05) is 0 Å². The molecule has 3 rings (SSSR count). The molecule has 2 aliphatic rings. The Kier molecular flexibility index (Phi) is 10.9. The van der Waals surface area contributed by atoms with Crippen molar-refractivity contribution in [1.82, 2.24) is 0 Å². The van der Waals surface area contributed by atoms with E-state index in [4.69, 9.17) is 9.47 Å². The lowest BCUT2D eigenvalue weighted by Crippen LogP contribution is -2.25. The van der Waals surface area contributed by atoms with Gasteiger partial charge < -0.3 is 9.47 Å². The molecule has 2 fully saturated rings. The third kappa shape index (κ3) is 7.81. The summed E-state index contributed by atoms with van der Waals surface area (Å²) in [4.78, 5) is 11.0. The first-order chi connectivity index (χ1) is 16.5. The average molecular weight is 477 g/mol. The van der Waals surface area contributed by atoms with Gasteiger partial charge in [-0.05, 0) is 79.9 Å². The summed E-state index contributed by atoms with van der Waals surface area (Å²) in [5.41, 5.74) is 0.750. The number of carbonyl (C=O) groups excluding carboxylic acids is 1. The number of ether oxygens (including phenoxy) is 2. The molecule has 1 aromatic rings. The van der Waals surface area contributed by atoms with Crippen LogP contribution in [-0.4, -0.2) is 19.2 Å². The molecule has 190 valence electrons. The van der Waals surface area contributed by atoms with Gasteiger partial charge in [0.15, 0.2) is 17.4 Å². The van der Waals surface area contributed by atoms with Gasteiger partial charge in [-0.3, -0.25) is 0 Å². The Labute approximate surface area is 204 Å². The summed E-state index contributed by atoms with van der Waals surface area (Å²) in [7, 11) is 0. The second-order valence-corrected chi connectivity index (χ2v) is 10.3. The van der Waals surface area contributed by atoms with Crippen LogP contribution in [0.4, 0.5) is 8.78 Å². The molecule has 3 nitrogen and oxygen atoms in total. The molecule has 0 spiro atoms. The van der Waals surface area contributed by atoms with Crippen LogP contribution in [0, 0.1) is 29.4 Å². The molecule has 0 amide bonds. The maximum atomic E-state index is 14.6. The van der Waals surface area contributed by atoms with Crippen LogP contribution in [0.25, 0.3) is 0 Å². The molecule has 1 aromatic carbocycles. The largest absolute Gasteiger partial charge is 0.487 e. The molecule has 0 bridgehead atoms. The summed E-state index contributed by atoms with van der Waals surface area (Å²) in [6, 6.07) is 2.89. The molecule has 0 saturated heterocycles. The Morgan fingerprint density at radius 3 is 2.15 bits per heavy atom. The second kappa shape index (κ2) is 13.8. The first-order valence-corrected chi connectivity index (χ1v) is 13.4. The number of unbranched alkanes of at least 4 members (excludes halogenated alkanes) is 2. The molecule has 0 aromatic heterocycles. The number of rotatable bonds is 12. The number of benzene rings is 1. The lowest BCUT2D eigenvalue weighted by molar-refractivity contribution is -0.137.